The molecule has 0 atom stereocenters. The SMILES string of the molecule is Cc1ccc(S(=O)(=O)Nc2ccc(F)cc2)cc1C(=O)N(CCO)Cc1ccccc1. The number of carbonyl (C=O) groups is 1. The van der Waals surface area contributed by atoms with Crippen molar-refractivity contribution in [2.24, 2.45) is 0 Å². The number of anilines is 1. The summed E-state index contributed by atoms with van der Waals surface area (Å²) in [5.41, 5.74) is 1.94. The molecule has 31 heavy (non-hydrogen) atoms. The summed E-state index contributed by atoms with van der Waals surface area (Å²) in [4.78, 5) is 14.6. The van der Waals surface area contributed by atoms with Gasteiger partial charge in [-0.2, -0.15) is 0 Å². The highest BCUT2D eigenvalue weighted by molar-refractivity contribution is 7.92. The number of hydrogen-bond acceptors (Lipinski definition) is 4. The van der Waals surface area contributed by atoms with E-state index in [9.17, 15) is 22.7 Å². The van der Waals surface area contributed by atoms with Gasteiger partial charge in [0, 0.05) is 24.3 Å². The Kier molecular flexibility index (Phi) is 7.04. The summed E-state index contributed by atoms with van der Waals surface area (Å²) in [6, 6.07) is 18.6. The number of halogens is 1. The van der Waals surface area contributed by atoms with Crippen molar-refractivity contribution < 1.29 is 22.7 Å². The van der Waals surface area contributed by atoms with Gasteiger partial charge in [-0.05, 0) is 54.4 Å². The topological polar surface area (TPSA) is 86.7 Å². The van der Waals surface area contributed by atoms with Gasteiger partial charge >= 0.3 is 0 Å². The Labute approximate surface area is 181 Å². The van der Waals surface area contributed by atoms with E-state index in [2.05, 4.69) is 4.72 Å². The molecule has 3 aromatic rings. The molecule has 0 aliphatic carbocycles. The smallest absolute Gasteiger partial charge is 0.261 e. The highest BCUT2D eigenvalue weighted by Crippen LogP contribution is 2.21. The Morgan fingerprint density at radius 1 is 1.03 bits per heavy atom. The van der Waals surface area contributed by atoms with E-state index in [1.165, 1.54) is 29.2 Å². The van der Waals surface area contributed by atoms with Crippen LogP contribution >= 0.6 is 0 Å². The Bertz CT molecular complexity index is 1150. The average molecular weight is 443 g/mol. The molecule has 0 aliphatic heterocycles. The zero-order chi connectivity index (χ0) is 22.4. The van der Waals surface area contributed by atoms with Crippen molar-refractivity contribution in [2.75, 3.05) is 17.9 Å². The minimum absolute atomic E-state index is 0.0885. The number of aliphatic hydroxyl groups is 1. The predicted octanol–water partition coefficient (Wildman–Crippen LogP) is 3.57. The number of aryl methyl sites for hydroxylation is 1. The number of hydrogen-bond donors (Lipinski definition) is 2. The van der Waals surface area contributed by atoms with Crippen molar-refractivity contribution in [1.29, 1.82) is 0 Å². The molecule has 0 spiro atoms. The van der Waals surface area contributed by atoms with Crippen LogP contribution in [-0.2, 0) is 16.6 Å². The molecule has 0 fully saturated rings. The number of rotatable bonds is 8. The lowest BCUT2D eigenvalue weighted by Gasteiger charge is -2.23. The fourth-order valence-electron chi connectivity index (χ4n) is 3.08. The van der Waals surface area contributed by atoms with Crippen molar-refractivity contribution in [1.82, 2.24) is 4.90 Å². The van der Waals surface area contributed by atoms with Gasteiger partial charge in [0.05, 0.1) is 11.5 Å². The molecule has 0 heterocycles. The predicted molar refractivity (Wildman–Crippen MR) is 117 cm³/mol. The zero-order valence-corrected chi connectivity index (χ0v) is 17.8. The number of nitrogens with one attached hydrogen (secondary N) is 1. The molecular formula is C23H23FN2O4S. The second-order valence-corrected chi connectivity index (χ2v) is 8.71. The maximum atomic E-state index is 13.2. The molecule has 2 N–H and O–H groups in total. The van der Waals surface area contributed by atoms with Gasteiger partial charge < -0.3 is 10.0 Å². The van der Waals surface area contributed by atoms with Gasteiger partial charge in [-0.25, -0.2) is 12.8 Å². The summed E-state index contributed by atoms with van der Waals surface area (Å²) >= 11 is 0. The maximum absolute atomic E-state index is 13.2. The van der Waals surface area contributed by atoms with E-state index in [1.807, 2.05) is 30.3 Å². The molecule has 0 aliphatic rings. The molecule has 0 saturated heterocycles. The lowest BCUT2D eigenvalue weighted by atomic mass is 10.1. The quantitative estimate of drug-likeness (QED) is 0.558. The largest absolute Gasteiger partial charge is 0.395 e. The Morgan fingerprint density at radius 2 is 1.71 bits per heavy atom. The third-order valence-corrected chi connectivity index (χ3v) is 6.10. The summed E-state index contributed by atoms with van der Waals surface area (Å²) < 4.78 is 41.0. The number of aliphatic hydroxyl groups excluding tert-OH is 1. The Hall–Kier alpha value is -3.23. The number of nitrogens with zero attached hydrogens (tertiary/aromatic N) is 1. The van der Waals surface area contributed by atoms with Gasteiger partial charge in [0.1, 0.15) is 5.82 Å². The van der Waals surface area contributed by atoms with Crippen LogP contribution in [0.3, 0.4) is 0 Å². The first-order chi connectivity index (χ1) is 14.8. The monoisotopic (exact) mass is 442 g/mol. The number of benzene rings is 3. The van der Waals surface area contributed by atoms with E-state index in [1.54, 1.807) is 13.0 Å². The van der Waals surface area contributed by atoms with Crippen molar-refractivity contribution in [3.8, 4) is 0 Å². The van der Waals surface area contributed by atoms with E-state index in [4.69, 9.17) is 0 Å². The molecule has 3 rings (SSSR count). The number of carbonyl (C=O) groups excluding carboxylic acids is 1. The summed E-state index contributed by atoms with van der Waals surface area (Å²) in [7, 11) is -3.99. The second-order valence-electron chi connectivity index (χ2n) is 7.03. The van der Waals surface area contributed by atoms with E-state index in [0.29, 0.717) is 5.56 Å². The standard InChI is InChI=1S/C23H23FN2O4S/c1-17-7-12-21(31(29,30)25-20-10-8-19(24)9-11-20)15-22(17)23(28)26(13-14-27)16-18-5-3-2-4-6-18/h2-12,15,25,27H,13-14,16H2,1H3. The first-order valence-corrected chi connectivity index (χ1v) is 11.1. The van der Waals surface area contributed by atoms with Crippen LogP contribution in [0.4, 0.5) is 10.1 Å². The van der Waals surface area contributed by atoms with Crippen molar-refractivity contribution in [2.45, 2.75) is 18.4 Å². The molecule has 8 heteroatoms. The maximum Gasteiger partial charge on any atom is 0.261 e. The van der Waals surface area contributed by atoms with Crippen LogP contribution in [0.15, 0.2) is 77.7 Å². The Balaban J connectivity index is 1.89. The number of sulfonamides is 1. The first-order valence-electron chi connectivity index (χ1n) is 9.63. The minimum Gasteiger partial charge on any atom is -0.395 e. The molecule has 0 bridgehead atoms. The fraction of sp³-hybridized carbons (Fsp3) is 0.174. The van der Waals surface area contributed by atoms with E-state index in [0.717, 1.165) is 17.7 Å². The summed E-state index contributed by atoms with van der Waals surface area (Å²) in [5.74, 6) is -0.859. The molecule has 0 saturated carbocycles. The van der Waals surface area contributed by atoms with Gasteiger partial charge in [-0.3, -0.25) is 9.52 Å². The minimum atomic E-state index is -3.99. The Morgan fingerprint density at radius 3 is 2.35 bits per heavy atom. The van der Waals surface area contributed by atoms with Crippen LogP contribution in [0.25, 0.3) is 0 Å². The van der Waals surface area contributed by atoms with Gasteiger partial charge in [0.2, 0.25) is 0 Å². The van der Waals surface area contributed by atoms with Gasteiger partial charge in [0.15, 0.2) is 0 Å². The van der Waals surface area contributed by atoms with Crippen molar-refractivity contribution in [3.05, 3.63) is 95.3 Å². The molecule has 3 aromatic carbocycles. The van der Waals surface area contributed by atoms with Crippen LogP contribution in [0.5, 0.6) is 0 Å². The molecule has 0 radical (unpaired) electrons. The molecule has 0 unspecified atom stereocenters. The molecular weight excluding hydrogens is 419 g/mol. The summed E-state index contributed by atoms with van der Waals surface area (Å²) in [5, 5.41) is 9.42. The van der Waals surface area contributed by atoms with Gasteiger partial charge in [-0.15, -0.1) is 0 Å². The van der Waals surface area contributed by atoms with Gasteiger partial charge in [-0.1, -0.05) is 36.4 Å². The first kappa shape index (κ1) is 22.5. The lowest BCUT2D eigenvalue weighted by Crippen LogP contribution is -2.33. The lowest BCUT2D eigenvalue weighted by molar-refractivity contribution is 0.0707. The normalized spacial score (nSPS) is 11.2. The van der Waals surface area contributed by atoms with Crippen LogP contribution in [0.1, 0.15) is 21.5 Å². The zero-order valence-electron chi connectivity index (χ0n) is 17.0. The highest BCUT2D eigenvalue weighted by atomic mass is 32.2. The summed E-state index contributed by atoms with van der Waals surface area (Å²) in [6.45, 7) is 1.89. The average Bonchev–Trinajstić information content (AvgIpc) is 2.75. The van der Waals surface area contributed by atoms with Crippen LogP contribution in [-0.4, -0.2) is 37.5 Å². The van der Waals surface area contributed by atoms with Crippen molar-refractivity contribution >= 4 is 21.6 Å². The molecule has 1 amide bonds. The number of amides is 1. The molecule has 162 valence electrons. The van der Waals surface area contributed by atoms with E-state index >= 15 is 0 Å². The summed E-state index contributed by atoms with van der Waals surface area (Å²) in [6.07, 6.45) is 0. The highest BCUT2D eigenvalue weighted by Gasteiger charge is 2.22. The van der Waals surface area contributed by atoms with Crippen LogP contribution < -0.4 is 4.72 Å². The molecule has 0 aromatic heterocycles. The van der Waals surface area contributed by atoms with Crippen molar-refractivity contribution in [3.63, 3.8) is 0 Å². The second kappa shape index (κ2) is 9.72. The van der Waals surface area contributed by atoms with Crippen LogP contribution in [0, 0.1) is 12.7 Å². The van der Waals surface area contributed by atoms with E-state index in [-0.39, 0.29) is 41.7 Å². The third-order valence-electron chi connectivity index (χ3n) is 4.72. The van der Waals surface area contributed by atoms with Crippen LogP contribution in [0.2, 0.25) is 0 Å². The third kappa shape index (κ3) is 5.68. The van der Waals surface area contributed by atoms with Gasteiger partial charge in [0.25, 0.3) is 15.9 Å². The van der Waals surface area contributed by atoms with E-state index < -0.39 is 15.8 Å². The fourth-order valence-corrected chi connectivity index (χ4v) is 4.16. The molecule has 6 nitrogen and oxygen atoms in total.